The van der Waals surface area contributed by atoms with Crippen LogP contribution in [-0.2, 0) is 9.84 Å². The van der Waals surface area contributed by atoms with Crippen LogP contribution in [0.5, 0.6) is 11.5 Å². The van der Waals surface area contributed by atoms with E-state index in [0.29, 0.717) is 12.8 Å². The second-order valence-corrected chi connectivity index (χ2v) is 7.13. The molecule has 2 N–H and O–H groups in total. The van der Waals surface area contributed by atoms with Crippen molar-refractivity contribution in [3.05, 3.63) is 48.5 Å². The number of aliphatic hydroxyl groups excluding tert-OH is 2. The van der Waals surface area contributed by atoms with Gasteiger partial charge in [-0.1, -0.05) is 24.3 Å². The molecule has 0 amide bonds. The molecule has 0 saturated carbocycles. The normalized spacial score (nSPS) is 11.3. The van der Waals surface area contributed by atoms with Crippen molar-refractivity contribution in [3.63, 3.8) is 0 Å². The molecule has 0 aliphatic heterocycles. The average molecular weight is 366 g/mol. The zero-order valence-electron chi connectivity index (χ0n) is 13.8. The maximum absolute atomic E-state index is 13.1. The highest BCUT2D eigenvalue weighted by atomic mass is 32.2. The minimum Gasteiger partial charge on any atom is -0.492 e. The van der Waals surface area contributed by atoms with Gasteiger partial charge < -0.3 is 19.7 Å². The zero-order valence-corrected chi connectivity index (χ0v) is 14.6. The van der Waals surface area contributed by atoms with Crippen LogP contribution in [0, 0.1) is 0 Å². The molecular weight excluding hydrogens is 344 g/mol. The van der Waals surface area contributed by atoms with Crippen LogP contribution in [0.1, 0.15) is 12.8 Å². The molecule has 2 aromatic carbocycles. The van der Waals surface area contributed by atoms with Crippen LogP contribution in [-0.4, -0.2) is 45.1 Å². The summed E-state index contributed by atoms with van der Waals surface area (Å²) in [5, 5.41) is 17.7. The molecule has 0 unspecified atom stereocenters. The van der Waals surface area contributed by atoms with Gasteiger partial charge in [0.1, 0.15) is 21.3 Å². The molecule has 0 spiro atoms. The van der Waals surface area contributed by atoms with Gasteiger partial charge in [0, 0.05) is 26.1 Å². The molecule has 0 aliphatic rings. The zero-order chi connectivity index (χ0) is 18.1. The van der Waals surface area contributed by atoms with E-state index in [-0.39, 0.29) is 47.7 Å². The maximum Gasteiger partial charge on any atom is 0.213 e. The molecule has 25 heavy (non-hydrogen) atoms. The van der Waals surface area contributed by atoms with Crippen molar-refractivity contribution in [3.8, 4) is 11.5 Å². The van der Waals surface area contributed by atoms with Crippen LogP contribution in [0.2, 0.25) is 0 Å². The highest BCUT2D eigenvalue weighted by molar-refractivity contribution is 7.91. The molecule has 136 valence electrons. The summed E-state index contributed by atoms with van der Waals surface area (Å²) in [6, 6.07) is 12.8. The summed E-state index contributed by atoms with van der Waals surface area (Å²) in [7, 11) is -3.85. The molecule has 7 heteroatoms. The lowest BCUT2D eigenvalue weighted by Crippen LogP contribution is -2.09. The molecule has 0 heterocycles. The van der Waals surface area contributed by atoms with Gasteiger partial charge in [0.25, 0.3) is 0 Å². The summed E-state index contributed by atoms with van der Waals surface area (Å²) in [5.74, 6) is 0.474. The van der Waals surface area contributed by atoms with Gasteiger partial charge in [-0.05, 0) is 24.3 Å². The Hall–Kier alpha value is -2.09. The lowest BCUT2D eigenvalue weighted by molar-refractivity contribution is 0.230. The first-order chi connectivity index (χ1) is 12.1. The van der Waals surface area contributed by atoms with Gasteiger partial charge >= 0.3 is 0 Å². The number of sulfone groups is 1. The number of hydrogen-bond donors (Lipinski definition) is 2. The third-order valence-corrected chi connectivity index (χ3v) is 5.23. The van der Waals surface area contributed by atoms with Gasteiger partial charge in [-0.3, -0.25) is 0 Å². The minimum atomic E-state index is -3.85. The monoisotopic (exact) mass is 366 g/mol. The predicted molar refractivity (Wildman–Crippen MR) is 92.7 cm³/mol. The Balaban J connectivity index is 2.36. The number of aliphatic hydroxyl groups is 2. The van der Waals surface area contributed by atoms with E-state index in [0.717, 1.165) is 0 Å². The highest BCUT2D eigenvalue weighted by Gasteiger charge is 2.25. The van der Waals surface area contributed by atoms with E-state index >= 15 is 0 Å². The Morgan fingerprint density at radius 2 is 1.12 bits per heavy atom. The number of para-hydroxylation sites is 2. The van der Waals surface area contributed by atoms with Gasteiger partial charge in [0.15, 0.2) is 0 Å². The molecule has 0 radical (unpaired) electrons. The Morgan fingerprint density at radius 3 is 1.52 bits per heavy atom. The van der Waals surface area contributed by atoms with E-state index < -0.39 is 9.84 Å². The van der Waals surface area contributed by atoms with Gasteiger partial charge in [0.2, 0.25) is 9.84 Å². The standard InChI is InChI=1S/C18H22O6S/c19-11-5-13-23-15-7-1-3-9-17(15)25(21,22)18-10-4-2-8-16(18)24-14-6-12-20/h1-4,7-10,19-20H,5-6,11-14H2. The Kier molecular flexibility index (Phi) is 7.24. The topological polar surface area (TPSA) is 93.1 Å². The fourth-order valence-corrected chi connectivity index (χ4v) is 3.73. The number of benzene rings is 2. The molecule has 0 fully saturated rings. The van der Waals surface area contributed by atoms with Crippen LogP contribution >= 0.6 is 0 Å². The molecule has 0 aliphatic carbocycles. The number of rotatable bonds is 10. The van der Waals surface area contributed by atoms with Gasteiger partial charge in [-0.2, -0.15) is 0 Å². The summed E-state index contributed by atoms with van der Waals surface area (Å²) < 4.78 is 37.2. The second-order valence-electron chi connectivity index (χ2n) is 5.25. The quantitative estimate of drug-likeness (QED) is 0.625. The van der Waals surface area contributed by atoms with Crippen molar-refractivity contribution in [2.45, 2.75) is 22.6 Å². The van der Waals surface area contributed by atoms with Gasteiger partial charge in [-0.15, -0.1) is 0 Å². The summed E-state index contributed by atoms with van der Waals surface area (Å²) in [5.41, 5.74) is 0. The number of ether oxygens (including phenoxy) is 2. The van der Waals surface area contributed by atoms with Crippen molar-refractivity contribution < 1.29 is 28.1 Å². The molecule has 0 aromatic heterocycles. The summed E-state index contributed by atoms with van der Waals surface area (Å²) >= 11 is 0. The summed E-state index contributed by atoms with van der Waals surface area (Å²) in [4.78, 5) is 0.0947. The van der Waals surface area contributed by atoms with Crippen LogP contribution in [0.4, 0.5) is 0 Å². The fourth-order valence-electron chi connectivity index (χ4n) is 2.19. The highest BCUT2D eigenvalue weighted by Crippen LogP contribution is 2.34. The van der Waals surface area contributed by atoms with Crippen molar-refractivity contribution in [1.29, 1.82) is 0 Å². The first-order valence-corrected chi connectivity index (χ1v) is 9.50. The van der Waals surface area contributed by atoms with E-state index in [9.17, 15) is 8.42 Å². The molecular formula is C18H22O6S. The smallest absolute Gasteiger partial charge is 0.213 e. The van der Waals surface area contributed by atoms with Gasteiger partial charge in [0.05, 0.1) is 13.2 Å². The average Bonchev–Trinajstić information content (AvgIpc) is 2.63. The molecule has 0 saturated heterocycles. The summed E-state index contributed by atoms with van der Waals surface area (Å²) in [6.07, 6.45) is 0.824. The Labute approximate surface area is 147 Å². The maximum atomic E-state index is 13.1. The number of hydrogen-bond acceptors (Lipinski definition) is 6. The van der Waals surface area contributed by atoms with E-state index in [2.05, 4.69) is 0 Å². The molecule has 0 atom stereocenters. The third kappa shape index (κ3) is 4.94. The van der Waals surface area contributed by atoms with Crippen LogP contribution in [0.3, 0.4) is 0 Å². The van der Waals surface area contributed by atoms with Crippen LogP contribution in [0.15, 0.2) is 58.3 Å². The lowest BCUT2D eigenvalue weighted by Gasteiger charge is -2.14. The van der Waals surface area contributed by atoms with Crippen molar-refractivity contribution in [2.24, 2.45) is 0 Å². The van der Waals surface area contributed by atoms with E-state index in [4.69, 9.17) is 19.7 Å². The van der Waals surface area contributed by atoms with Crippen LogP contribution in [0.25, 0.3) is 0 Å². The summed E-state index contributed by atoms with van der Waals surface area (Å²) in [6.45, 7) is 0.377. The Morgan fingerprint density at radius 1 is 0.720 bits per heavy atom. The minimum absolute atomic E-state index is 0.0313. The molecule has 0 bridgehead atoms. The molecule has 6 nitrogen and oxygen atoms in total. The van der Waals surface area contributed by atoms with Gasteiger partial charge in [-0.25, -0.2) is 8.42 Å². The largest absolute Gasteiger partial charge is 0.492 e. The first kappa shape index (κ1) is 19.2. The molecule has 2 aromatic rings. The first-order valence-electron chi connectivity index (χ1n) is 8.01. The molecule has 2 rings (SSSR count). The predicted octanol–water partition coefficient (Wildman–Crippen LogP) is 2.04. The SMILES string of the molecule is O=S(=O)(c1ccccc1OCCCO)c1ccccc1OCCCO. The van der Waals surface area contributed by atoms with Crippen molar-refractivity contribution in [1.82, 2.24) is 0 Å². The Bertz CT molecular complexity index is 713. The second kappa shape index (κ2) is 9.41. The van der Waals surface area contributed by atoms with Crippen LogP contribution < -0.4 is 9.47 Å². The van der Waals surface area contributed by atoms with E-state index in [1.807, 2.05) is 0 Å². The third-order valence-electron chi connectivity index (χ3n) is 3.40. The van der Waals surface area contributed by atoms with E-state index in [1.54, 1.807) is 36.4 Å². The van der Waals surface area contributed by atoms with Crippen molar-refractivity contribution in [2.75, 3.05) is 26.4 Å². The fraction of sp³-hybridized carbons (Fsp3) is 0.333. The van der Waals surface area contributed by atoms with Crippen molar-refractivity contribution >= 4 is 9.84 Å². The lowest BCUT2D eigenvalue weighted by atomic mass is 10.3. The van der Waals surface area contributed by atoms with E-state index in [1.165, 1.54) is 12.1 Å².